The lowest BCUT2D eigenvalue weighted by Gasteiger charge is -2.32. The van der Waals surface area contributed by atoms with Gasteiger partial charge < -0.3 is 4.90 Å². The van der Waals surface area contributed by atoms with Crippen molar-refractivity contribution in [1.29, 1.82) is 0 Å². The van der Waals surface area contributed by atoms with E-state index in [4.69, 9.17) is 0 Å². The molecule has 1 aromatic heterocycles. The number of likely N-dealkylation sites (tertiary alicyclic amines) is 1. The molecule has 0 saturated carbocycles. The number of aromatic nitrogens is 3. The fourth-order valence-corrected chi connectivity index (χ4v) is 4.49. The fourth-order valence-electron chi connectivity index (χ4n) is 4.49. The normalized spacial score (nSPS) is 15.9. The Morgan fingerprint density at radius 2 is 1.76 bits per heavy atom. The molecule has 3 aromatic rings. The van der Waals surface area contributed by atoms with Crippen LogP contribution in [0.5, 0.6) is 0 Å². The molecule has 0 N–H and O–H groups in total. The zero-order valence-corrected chi connectivity index (χ0v) is 20.0. The average Bonchev–Trinajstić information content (AvgIpc) is 3.20. The van der Waals surface area contributed by atoms with E-state index in [1.807, 2.05) is 22.8 Å². The van der Waals surface area contributed by atoms with Gasteiger partial charge in [-0.2, -0.15) is 9.78 Å². The third-order valence-corrected chi connectivity index (χ3v) is 6.36. The lowest BCUT2D eigenvalue weighted by Crippen LogP contribution is -2.38. The third kappa shape index (κ3) is 6.09. The Morgan fingerprint density at radius 3 is 2.42 bits per heavy atom. The van der Waals surface area contributed by atoms with Gasteiger partial charge in [-0.3, -0.25) is 9.47 Å². The summed E-state index contributed by atoms with van der Waals surface area (Å²) in [4.78, 5) is 17.7. The second kappa shape index (κ2) is 10.8. The molecule has 2 aromatic carbocycles. The van der Waals surface area contributed by atoms with Gasteiger partial charge in [0.1, 0.15) is 6.33 Å². The number of likely N-dealkylation sites (N-methyl/N-ethyl adjacent to an activating group) is 1. The second-order valence-corrected chi connectivity index (χ2v) is 9.36. The van der Waals surface area contributed by atoms with E-state index in [1.165, 1.54) is 21.4 Å². The highest BCUT2D eigenvalue weighted by atomic mass is 16.2. The molecule has 2 heterocycles. The van der Waals surface area contributed by atoms with Gasteiger partial charge in [0.2, 0.25) is 0 Å². The predicted molar refractivity (Wildman–Crippen MR) is 135 cm³/mol. The molecule has 6 nitrogen and oxygen atoms in total. The molecule has 0 radical (unpaired) electrons. The molecular formula is C27H35N5O. The quantitative estimate of drug-likeness (QED) is 0.528. The van der Waals surface area contributed by atoms with Crippen LogP contribution >= 0.6 is 0 Å². The Morgan fingerprint density at radius 1 is 1.06 bits per heavy atom. The molecule has 0 unspecified atom stereocenters. The first kappa shape index (κ1) is 23.2. The zero-order valence-electron chi connectivity index (χ0n) is 20.0. The summed E-state index contributed by atoms with van der Waals surface area (Å²) in [6.45, 7) is 6.15. The van der Waals surface area contributed by atoms with Crippen LogP contribution < -0.4 is 5.69 Å². The Hall–Kier alpha value is -2.96. The number of rotatable bonds is 8. The molecule has 4 rings (SSSR count). The Balaban J connectivity index is 1.35. The fraction of sp³-hybridized carbons (Fsp3) is 0.407. The summed E-state index contributed by atoms with van der Waals surface area (Å²) in [5.74, 6) is 0. The van der Waals surface area contributed by atoms with Crippen molar-refractivity contribution < 1.29 is 0 Å². The van der Waals surface area contributed by atoms with E-state index in [0.29, 0.717) is 0 Å². The largest absolute Gasteiger partial charge is 0.350 e. The molecule has 0 spiro atoms. The van der Waals surface area contributed by atoms with Gasteiger partial charge in [-0.1, -0.05) is 54.1 Å². The molecule has 1 saturated heterocycles. The molecule has 0 aliphatic carbocycles. The summed E-state index contributed by atoms with van der Waals surface area (Å²) in [7, 11) is 4.15. The molecule has 174 valence electrons. The first-order chi connectivity index (χ1) is 16.0. The van der Waals surface area contributed by atoms with Gasteiger partial charge in [-0.05, 0) is 63.5 Å². The molecular weight excluding hydrogens is 410 g/mol. The van der Waals surface area contributed by atoms with Gasteiger partial charge in [0, 0.05) is 32.2 Å². The first-order valence-corrected chi connectivity index (χ1v) is 11.8. The van der Waals surface area contributed by atoms with Crippen molar-refractivity contribution >= 4 is 6.08 Å². The highest BCUT2D eigenvalue weighted by molar-refractivity contribution is 5.52. The predicted octanol–water partition coefficient (Wildman–Crippen LogP) is 3.88. The van der Waals surface area contributed by atoms with Gasteiger partial charge in [0.15, 0.2) is 0 Å². The third-order valence-electron chi connectivity index (χ3n) is 6.36. The van der Waals surface area contributed by atoms with Crippen LogP contribution in [0.3, 0.4) is 0 Å². The number of benzene rings is 2. The summed E-state index contributed by atoms with van der Waals surface area (Å²) in [6.07, 6.45) is 6.89. The summed E-state index contributed by atoms with van der Waals surface area (Å²) in [5, 5.41) is 4.42. The van der Waals surface area contributed by atoms with Crippen LogP contribution in [-0.4, -0.2) is 64.4 Å². The Bertz CT molecular complexity index is 1100. The summed E-state index contributed by atoms with van der Waals surface area (Å²) in [6, 6.07) is 18.8. The van der Waals surface area contributed by atoms with E-state index in [-0.39, 0.29) is 11.7 Å². The zero-order chi connectivity index (χ0) is 23.2. The van der Waals surface area contributed by atoms with Crippen LogP contribution in [0.1, 0.15) is 36.9 Å². The van der Waals surface area contributed by atoms with E-state index in [9.17, 15) is 4.79 Å². The molecule has 0 atom stereocenters. The molecule has 0 bridgehead atoms. The minimum atomic E-state index is -0.0466. The van der Waals surface area contributed by atoms with Crippen molar-refractivity contribution in [2.24, 2.45) is 0 Å². The van der Waals surface area contributed by atoms with Crippen molar-refractivity contribution in [3.05, 3.63) is 88.1 Å². The first-order valence-electron chi connectivity index (χ1n) is 11.8. The van der Waals surface area contributed by atoms with Crippen molar-refractivity contribution in [3.8, 4) is 5.69 Å². The summed E-state index contributed by atoms with van der Waals surface area (Å²) >= 11 is 0. The van der Waals surface area contributed by atoms with Gasteiger partial charge >= 0.3 is 5.69 Å². The van der Waals surface area contributed by atoms with E-state index < -0.39 is 0 Å². The molecule has 33 heavy (non-hydrogen) atoms. The minimum absolute atomic E-state index is 0.0466. The van der Waals surface area contributed by atoms with Crippen LogP contribution in [0.25, 0.3) is 11.8 Å². The molecule has 0 amide bonds. The van der Waals surface area contributed by atoms with Crippen LogP contribution in [0.4, 0.5) is 0 Å². The Labute approximate surface area is 196 Å². The minimum Gasteiger partial charge on any atom is -0.309 e. The van der Waals surface area contributed by atoms with Crippen molar-refractivity contribution in [2.75, 3.05) is 40.3 Å². The number of hydrogen-bond acceptors (Lipinski definition) is 4. The van der Waals surface area contributed by atoms with Gasteiger partial charge in [-0.25, -0.2) is 4.79 Å². The SMILES string of the molecule is C/C(=C\c1ccccc1)CN1CCC(n2cnn(-c3ccc(CCN(C)C)cc3)c2=O)CC1. The monoisotopic (exact) mass is 445 g/mol. The molecule has 1 aliphatic heterocycles. The standard InChI is InChI=1S/C27H35N5O/c1-22(19-24-7-5-4-6-8-24)20-30-17-14-25(15-18-30)31-21-28-32(27(31)33)26-11-9-23(10-12-26)13-16-29(2)3/h4-12,19,21,25H,13-18,20H2,1-3H3/b22-19+. The summed E-state index contributed by atoms with van der Waals surface area (Å²) in [5.41, 5.74) is 4.65. The van der Waals surface area contributed by atoms with Crippen LogP contribution in [0, 0.1) is 0 Å². The van der Waals surface area contributed by atoms with E-state index in [1.54, 1.807) is 6.33 Å². The lowest BCUT2D eigenvalue weighted by atomic mass is 10.0. The average molecular weight is 446 g/mol. The lowest BCUT2D eigenvalue weighted by molar-refractivity contribution is 0.197. The Kier molecular flexibility index (Phi) is 7.57. The van der Waals surface area contributed by atoms with Crippen molar-refractivity contribution in [1.82, 2.24) is 24.1 Å². The van der Waals surface area contributed by atoms with Crippen molar-refractivity contribution in [2.45, 2.75) is 32.2 Å². The maximum atomic E-state index is 13.1. The molecule has 1 fully saturated rings. The number of piperidine rings is 1. The van der Waals surface area contributed by atoms with Gasteiger partial charge in [-0.15, -0.1) is 0 Å². The van der Waals surface area contributed by atoms with E-state index in [2.05, 4.69) is 78.4 Å². The smallest absolute Gasteiger partial charge is 0.309 e. The molecule has 6 heteroatoms. The van der Waals surface area contributed by atoms with Gasteiger partial charge in [0.05, 0.1) is 5.69 Å². The molecule has 1 aliphatic rings. The van der Waals surface area contributed by atoms with Crippen LogP contribution in [0.2, 0.25) is 0 Å². The maximum Gasteiger partial charge on any atom is 0.350 e. The van der Waals surface area contributed by atoms with E-state index >= 15 is 0 Å². The van der Waals surface area contributed by atoms with Crippen molar-refractivity contribution in [3.63, 3.8) is 0 Å². The maximum absolute atomic E-state index is 13.1. The van der Waals surface area contributed by atoms with Crippen LogP contribution in [0.15, 0.2) is 71.3 Å². The van der Waals surface area contributed by atoms with Crippen LogP contribution in [-0.2, 0) is 6.42 Å². The van der Waals surface area contributed by atoms with E-state index in [0.717, 1.165) is 51.1 Å². The second-order valence-electron chi connectivity index (χ2n) is 9.36. The highest BCUT2D eigenvalue weighted by Gasteiger charge is 2.23. The van der Waals surface area contributed by atoms with Gasteiger partial charge in [0.25, 0.3) is 0 Å². The number of hydrogen-bond donors (Lipinski definition) is 0. The number of nitrogens with zero attached hydrogens (tertiary/aromatic N) is 5. The topological polar surface area (TPSA) is 46.3 Å². The summed E-state index contributed by atoms with van der Waals surface area (Å²) < 4.78 is 3.35. The highest BCUT2D eigenvalue weighted by Crippen LogP contribution is 2.22.